The number of anilines is 1. The normalized spacial score (nSPS) is 24.5. The van der Waals surface area contributed by atoms with E-state index in [2.05, 4.69) is 9.82 Å². The molecular weight excluding hydrogens is 268 g/mol. The second kappa shape index (κ2) is 5.48. The molecule has 0 bridgehead atoms. The van der Waals surface area contributed by atoms with E-state index in [0.717, 1.165) is 0 Å². The fourth-order valence-electron chi connectivity index (χ4n) is 2.26. The molecule has 1 fully saturated rings. The van der Waals surface area contributed by atoms with Crippen molar-refractivity contribution in [1.29, 1.82) is 0 Å². The molecule has 8 heteroatoms. The van der Waals surface area contributed by atoms with Crippen LogP contribution in [0, 0.1) is 0 Å². The highest BCUT2D eigenvalue weighted by molar-refractivity contribution is 7.89. The number of aliphatic hydroxyl groups excluding tert-OH is 1. The fourth-order valence-corrected chi connectivity index (χ4v) is 3.64. The molecule has 0 spiro atoms. The van der Waals surface area contributed by atoms with Crippen molar-refractivity contribution < 1.29 is 13.5 Å². The molecule has 0 unspecified atom stereocenters. The van der Waals surface area contributed by atoms with Gasteiger partial charge in [-0.25, -0.2) is 13.1 Å². The van der Waals surface area contributed by atoms with E-state index in [9.17, 15) is 13.5 Å². The van der Waals surface area contributed by atoms with Gasteiger partial charge in [0.05, 0.1) is 6.10 Å². The number of nitrogens with one attached hydrogen (secondary N) is 1. The standard InChI is InChI=1S/C11H20N4O3S/c1-2-15-7-10(11(12)13-15)19(17,18)14-8-3-5-9(16)6-4-8/h7-9,14,16H,2-6H2,1H3,(H2,12,13). The predicted octanol–water partition coefficient (Wildman–Crippen LogP) is 0.0670. The maximum Gasteiger partial charge on any atom is 0.246 e. The van der Waals surface area contributed by atoms with Gasteiger partial charge in [0, 0.05) is 18.8 Å². The van der Waals surface area contributed by atoms with E-state index in [1.807, 2.05) is 6.92 Å². The van der Waals surface area contributed by atoms with Crippen molar-refractivity contribution in [2.45, 2.75) is 56.2 Å². The fraction of sp³-hybridized carbons (Fsp3) is 0.727. The van der Waals surface area contributed by atoms with Crippen molar-refractivity contribution in [3.8, 4) is 0 Å². The molecule has 0 amide bonds. The Bertz CT molecular complexity index is 532. The third kappa shape index (κ3) is 3.26. The highest BCUT2D eigenvalue weighted by Crippen LogP contribution is 2.22. The number of nitrogens with zero attached hydrogens (tertiary/aromatic N) is 2. The third-order valence-electron chi connectivity index (χ3n) is 3.39. The van der Waals surface area contributed by atoms with Crippen LogP contribution >= 0.6 is 0 Å². The van der Waals surface area contributed by atoms with Crippen molar-refractivity contribution >= 4 is 15.8 Å². The first-order chi connectivity index (χ1) is 8.92. The van der Waals surface area contributed by atoms with Crippen molar-refractivity contribution in [2.24, 2.45) is 0 Å². The lowest BCUT2D eigenvalue weighted by molar-refractivity contribution is 0.120. The first-order valence-electron chi connectivity index (χ1n) is 6.45. The molecule has 1 saturated carbocycles. The van der Waals surface area contributed by atoms with Crippen LogP contribution in [0.1, 0.15) is 32.6 Å². The van der Waals surface area contributed by atoms with E-state index in [0.29, 0.717) is 32.2 Å². The molecule has 1 aromatic rings. The number of hydrogen-bond donors (Lipinski definition) is 3. The topological polar surface area (TPSA) is 110 Å². The van der Waals surface area contributed by atoms with Crippen LogP contribution in [0.3, 0.4) is 0 Å². The van der Waals surface area contributed by atoms with Gasteiger partial charge >= 0.3 is 0 Å². The molecular formula is C11H20N4O3S. The number of nitrogen functional groups attached to an aromatic ring is 1. The molecule has 0 aliphatic heterocycles. The summed E-state index contributed by atoms with van der Waals surface area (Å²) >= 11 is 0. The second-order valence-electron chi connectivity index (χ2n) is 4.86. The maximum absolute atomic E-state index is 12.2. The Morgan fingerprint density at radius 2 is 2.11 bits per heavy atom. The van der Waals surface area contributed by atoms with Crippen LogP contribution in [0.2, 0.25) is 0 Å². The summed E-state index contributed by atoms with van der Waals surface area (Å²) in [5, 5.41) is 13.3. The van der Waals surface area contributed by atoms with Crippen molar-refractivity contribution in [3.63, 3.8) is 0 Å². The number of rotatable bonds is 4. The first-order valence-corrected chi connectivity index (χ1v) is 7.94. The van der Waals surface area contributed by atoms with Gasteiger partial charge in [0.15, 0.2) is 5.82 Å². The SMILES string of the molecule is CCn1cc(S(=O)(=O)NC2CCC(O)CC2)c(N)n1. The molecule has 108 valence electrons. The largest absolute Gasteiger partial charge is 0.393 e. The monoisotopic (exact) mass is 288 g/mol. The van der Waals surface area contributed by atoms with E-state index < -0.39 is 10.0 Å². The molecule has 1 aromatic heterocycles. The van der Waals surface area contributed by atoms with Crippen LogP contribution in [0.5, 0.6) is 0 Å². The smallest absolute Gasteiger partial charge is 0.246 e. The number of hydrogen-bond acceptors (Lipinski definition) is 5. The van der Waals surface area contributed by atoms with E-state index in [-0.39, 0.29) is 22.9 Å². The molecule has 0 saturated heterocycles. The molecule has 2 rings (SSSR count). The van der Waals surface area contributed by atoms with Gasteiger partial charge < -0.3 is 10.8 Å². The lowest BCUT2D eigenvalue weighted by atomic mass is 9.94. The Labute approximate surface area is 112 Å². The van der Waals surface area contributed by atoms with Crippen molar-refractivity contribution in [2.75, 3.05) is 5.73 Å². The van der Waals surface area contributed by atoms with Crippen LogP contribution in [0.4, 0.5) is 5.82 Å². The minimum atomic E-state index is -3.64. The highest BCUT2D eigenvalue weighted by atomic mass is 32.2. The minimum absolute atomic E-state index is 0.0187. The molecule has 1 aliphatic carbocycles. The molecule has 7 nitrogen and oxygen atoms in total. The van der Waals surface area contributed by atoms with Gasteiger partial charge in [-0.05, 0) is 32.6 Å². The van der Waals surface area contributed by atoms with Crippen LogP contribution in [-0.2, 0) is 16.6 Å². The third-order valence-corrected chi connectivity index (χ3v) is 4.92. The molecule has 0 radical (unpaired) electrons. The number of aromatic nitrogens is 2. The van der Waals surface area contributed by atoms with E-state index in [4.69, 9.17) is 5.73 Å². The summed E-state index contributed by atoms with van der Waals surface area (Å²) in [5.41, 5.74) is 5.64. The van der Waals surface area contributed by atoms with E-state index in [1.54, 1.807) is 0 Å². The Morgan fingerprint density at radius 1 is 1.47 bits per heavy atom. The Morgan fingerprint density at radius 3 is 2.63 bits per heavy atom. The van der Waals surface area contributed by atoms with Gasteiger partial charge in [0.25, 0.3) is 0 Å². The summed E-state index contributed by atoms with van der Waals surface area (Å²) in [6.07, 6.45) is 3.65. The van der Waals surface area contributed by atoms with Crippen molar-refractivity contribution in [1.82, 2.24) is 14.5 Å². The van der Waals surface area contributed by atoms with Crippen molar-refractivity contribution in [3.05, 3.63) is 6.20 Å². The van der Waals surface area contributed by atoms with Crippen LogP contribution < -0.4 is 10.5 Å². The van der Waals surface area contributed by atoms with Gasteiger partial charge in [-0.3, -0.25) is 4.68 Å². The lowest BCUT2D eigenvalue weighted by Crippen LogP contribution is -2.38. The summed E-state index contributed by atoms with van der Waals surface area (Å²) in [5.74, 6) is 0.0187. The molecule has 1 heterocycles. The van der Waals surface area contributed by atoms with Gasteiger partial charge in [-0.1, -0.05) is 0 Å². The number of aryl methyl sites for hydroxylation is 1. The van der Waals surface area contributed by atoms with E-state index >= 15 is 0 Å². The molecule has 4 N–H and O–H groups in total. The molecule has 0 atom stereocenters. The highest BCUT2D eigenvalue weighted by Gasteiger charge is 2.27. The van der Waals surface area contributed by atoms with Gasteiger partial charge in [0.1, 0.15) is 4.90 Å². The van der Waals surface area contributed by atoms with Gasteiger partial charge in [-0.15, -0.1) is 0 Å². The van der Waals surface area contributed by atoms with Crippen LogP contribution in [-0.4, -0.2) is 35.5 Å². The average Bonchev–Trinajstić information content (AvgIpc) is 2.74. The quantitative estimate of drug-likeness (QED) is 0.726. The average molecular weight is 288 g/mol. The molecule has 0 aromatic carbocycles. The lowest BCUT2D eigenvalue weighted by Gasteiger charge is -2.25. The molecule has 1 aliphatic rings. The Hall–Kier alpha value is -1.12. The zero-order valence-electron chi connectivity index (χ0n) is 10.9. The number of aliphatic hydroxyl groups is 1. The number of sulfonamides is 1. The van der Waals surface area contributed by atoms with Gasteiger partial charge in [0.2, 0.25) is 10.0 Å². The summed E-state index contributed by atoms with van der Waals surface area (Å²) in [4.78, 5) is 0.0282. The predicted molar refractivity (Wildman–Crippen MR) is 70.9 cm³/mol. The second-order valence-corrected chi connectivity index (χ2v) is 6.54. The van der Waals surface area contributed by atoms with E-state index in [1.165, 1.54) is 10.9 Å². The Kier molecular flexibility index (Phi) is 4.12. The Balaban J connectivity index is 2.11. The summed E-state index contributed by atoms with van der Waals surface area (Å²) in [7, 11) is -3.64. The first kappa shape index (κ1) is 14.3. The van der Waals surface area contributed by atoms with Crippen LogP contribution in [0.25, 0.3) is 0 Å². The summed E-state index contributed by atoms with van der Waals surface area (Å²) in [6, 6.07) is -0.141. The minimum Gasteiger partial charge on any atom is -0.393 e. The molecule has 19 heavy (non-hydrogen) atoms. The van der Waals surface area contributed by atoms with Crippen LogP contribution in [0.15, 0.2) is 11.1 Å². The van der Waals surface area contributed by atoms with Gasteiger partial charge in [-0.2, -0.15) is 5.10 Å². The summed E-state index contributed by atoms with van der Waals surface area (Å²) < 4.78 is 28.6. The summed E-state index contributed by atoms with van der Waals surface area (Å²) in [6.45, 7) is 2.42. The number of nitrogens with two attached hydrogens (primary N) is 1. The zero-order valence-corrected chi connectivity index (χ0v) is 11.7. The maximum atomic E-state index is 12.2. The zero-order chi connectivity index (χ0) is 14.0.